The zero-order valence-electron chi connectivity index (χ0n) is 7.00. The van der Waals surface area contributed by atoms with Gasteiger partial charge in [0.15, 0.2) is 0 Å². The van der Waals surface area contributed by atoms with E-state index < -0.39 is 11.9 Å². The first kappa shape index (κ1) is 10.6. The number of unbranched alkanes of at least 4 members (excludes halogenated alkanes) is 2. The molecule has 0 aromatic rings. The van der Waals surface area contributed by atoms with Crippen LogP contribution in [0.3, 0.4) is 0 Å². The van der Waals surface area contributed by atoms with E-state index in [4.69, 9.17) is 5.26 Å². The SMILES string of the molecule is CC(=O)OC(=O)CCCCC#N. The van der Waals surface area contributed by atoms with Crippen LogP contribution >= 0.6 is 0 Å². The fourth-order valence-electron chi connectivity index (χ4n) is 0.685. The highest BCUT2D eigenvalue weighted by Crippen LogP contribution is 2.00. The Kier molecular flexibility index (Phi) is 5.62. The summed E-state index contributed by atoms with van der Waals surface area (Å²) < 4.78 is 4.27. The van der Waals surface area contributed by atoms with Gasteiger partial charge in [0.1, 0.15) is 0 Å². The third kappa shape index (κ3) is 6.75. The summed E-state index contributed by atoms with van der Waals surface area (Å²) in [6.07, 6.45) is 1.91. The van der Waals surface area contributed by atoms with Crippen LogP contribution in [-0.2, 0) is 14.3 Å². The molecule has 0 fully saturated rings. The maximum absolute atomic E-state index is 10.7. The predicted octanol–water partition coefficient (Wildman–Crippen LogP) is 1.16. The van der Waals surface area contributed by atoms with Crippen LogP contribution in [0.1, 0.15) is 32.6 Å². The maximum Gasteiger partial charge on any atom is 0.313 e. The monoisotopic (exact) mass is 169 g/mol. The standard InChI is InChI=1S/C8H11NO3/c1-7(10)12-8(11)5-3-2-4-6-9/h2-5H2,1H3. The Balaban J connectivity index is 3.33. The van der Waals surface area contributed by atoms with Crippen LogP contribution in [0.5, 0.6) is 0 Å². The lowest BCUT2D eigenvalue weighted by Gasteiger charge is -1.97. The topological polar surface area (TPSA) is 67.2 Å². The minimum absolute atomic E-state index is 0.210. The van der Waals surface area contributed by atoms with Gasteiger partial charge in [0.2, 0.25) is 0 Å². The summed E-state index contributed by atoms with van der Waals surface area (Å²) in [4.78, 5) is 20.9. The molecule has 0 N–H and O–H groups in total. The summed E-state index contributed by atoms with van der Waals surface area (Å²) in [5.41, 5.74) is 0. The van der Waals surface area contributed by atoms with Crippen molar-refractivity contribution < 1.29 is 14.3 Å². The highest BCUT2D eigenvalue weighted by Gasteiger charge is 2.04. The molecule has 0 unspecified atom stereocenters. The van der Waals surface area contributed by atoms with Gasteiger partial charge in [-0.3, -0.25) is 9.59 Å². The summed E-state index contributed by atoms with van der Waals surface area (Å²) in [6, 6.07) is 1.96. The molecule has 0 aliphatic carbocycles. The second-order valence-corrected chi connectivity index (χ2v) is 2.33. The average Bonchev–Trinajstić information content (AvgIpc) is 1.97. The van der Waals surface area contributed by atoms with Crippen molar-refractivity contribution in [2.45, 2.75) is 32.6 Å². The summed E-state index contributed by atoms with van der Waals surface area (Å²) in [5, 5.41) is 8.16. The normalized spacial score (nSPS) is 8.67. The van der Waals surface area contributed by atoms with Gasteiger partial charge in [-0.2, -0.15) is 5.26 Å². The first-order chi connectivity index (χ1) is 5.66. The van der Waals surface area contributed by atoms with Crippen molar-refractivity contribution in [3.63, 3.8) is 0 Å². The summed E-state index contributed by atoms with van der Waals surface area (Å²) >= 11 is 0. The Morgan fingerprint density at radius 1 is 1.42 bits per heavy atom. The minimum atomic E-state index is -0.583. The molecule has 0 saturated carbocycles. The van der Waals surface area contributed by atoms with E-state index in [2.05, 4.69) is 4.74 Å². The number of carbonyl (C=O) groups is 2. The summed E-state index contributed by atoms with van der Waals surface area (Å²) in [5.74, 6) is -1.10. The summed E-state index contributed by atoms with van der Waals surface area (Å²) in [7, 11) is 0. The van der Waals surface area contributed by atoms with Crippen molar-refractivity contribution in [2.24, 2.45) is 0 Å². The minimum Gasteiger partial charge on any atom is -0.393 e. The van der Waals surface area contributed by atoms with Crippen molar-refractivity contribution in [1.29, 1.82) is 5.26 Å². The van der Waals surface area contributed by atoms with Gasteiger partial charge in [0.25, 0.3) is 0 Å². The van der Waals surface area contributed by atoms with Crippen LogP contribution in [-0.4, -0.2) is 11.9 Å². The third-order valence-corrected chi connectivity index (χ3v) is 1.18. The van der Waals surface area contributed by atoms with Crippen LogP contribution in [0, 0.1) is 11.3 Å². The van der Waals surface area contributed by atoms with Crippen LogP contribution in [0.4, 0.5) is 0 Å². The van der Waals surface area contributed by atoms with Crippen LogP contribution < -0.4 is 0 Å². The molecule has 0 radical (unpaired) electrons. The van der Waals surface area contributed by atoms with E-state index in [0.29, 0.717) is 19.3 Å². The molecule has 0 aromatic heterocycles. The Bertz CT molecular complexity index is 205. The second kappa shape index (κ2) is 6.35. The van der Waals surface area contributed by atoms with Gasteiger partial charge in [0.05, 0.1) is 6.07 Å². The van der Waals surface area contributed by atoms with E-state index in [1.807, 2.05) is 6.07 Å². The van der Waals surface area contributed by atoms with E-state index in [9.17, 15) is 9.59 Å². The van der Waals surface area contributed by atoms with E-state index in [-0.39, 0.29) is 6.42 Å². The van der Waals surface area contributed by atoms with Crippen molar-refractivity contribution in [1.82, 2.24) is 0 Å². The molecule has 0 amide bonds. The van der Waals surface area contributed by atoms with Crippen LogP contribution in [0.15, 0.2) is 0 Å². The fourth-order valence-corrected chi connectivity index (χ4v) is 0.685. The highest BCUT2D eigenvalue weighted by atomic mass is 16.6. The number of rotatable bonds is 4. The van der Waals surface area contributed by atoms with Crippen LogP contribution in [0.2, 0.25) is 0 Å². The average molecular weight is 169 g/mol. The number of ether oxygens (including phenoxy) is 1. The van der Waals surface area contributed by atoms with Gasteiger partial charge in [0, 0.05) is 19.8 Å². The Labute approximate surface area is 71.1 Å². The zero-order chi connectivity index (χ0) is 9.40. The second-order valence-electron chi connectivity index (χ2n) is 2.33. The van der Waals surface area contributed by atoms with Gasteiger partial charge in [-0.05, 0) is 12.8 Å². The number of hydrogen-bond donors (Lipinski definition) is 0. The number of esters is 2. The van der Waals surface area contributed by atoms with E-state index in [1.165, 1.54) is 6.92 Å². The largest absolute Gasteiger partial charge is 0.393 e. The van der Waals surface area contributed by atoms with Gasteiger partial charge in [-0.15, -0.1) is 0 Å². The molecule has 0 atom stereocenters. The first-order valence-electron chi connectivity index (χ1n) is 3.75. The van der Waals surface area contributed by atoms with E-state index >= 15 is 0 Å². The van der Waals surface area contributed by atoms with Crippen molar-refractivity contribution in [3.8, 4) is 6.07 Å². The van der Waals surface area contributed by atoms with Gasteiger partial charge >= 0.3 is 11.9 Å². The molecule has 4 heteroatoms. The molecular formula is C8H11NO3. The lowest BCUT2D eigenvalue weighted by atomic mass is 10.2. The molecule has 0 rings (SSSR count). The van der Waals surface area contributed by atoms with Gasteiger partial charge in [-0.25, -0.2) is 0 Å². The molecule has 0 spiro atoms. The smallest absolute Gasteiger partial charge is 0.313 e. The molecular weight excluding hydrogens is 158 g/mol. The lowest BCUT2D eigenvalue weighted by Crippen LogP contribution is -2.08. The lowest BCUT2D eigenvalue weighted by molar-refractivity contribution is -0.158. The molecule has 0 aromatic carbocycles. The van der Waals surface area contributed by atoms with Crippen molar-refractivity contribution in [2.75, 3.05) is 0 Å². The van der Waals surface area contributed by atoms with Crippen molar-refractivity contribution >= 4 is 11.9 Å². The highest BCUT2D eigenvalue weighted by molar-refractivity contribution is 5.83. The number of carbonyl (C=O) groups excluding carboxylic acids is 2. The Hall–Kier alpha value is -1.37. The third-order valence-electron chi connectivity index (χ3n) is 1.18. The molecule has 0 aliphatic heterocycles. The Morgan fingerprint density at radius 2 is 2.08 bits per heavy atom. The molecule has 0 saturated heterocycles. The zero-order valence-corrected chi connectivity index (χ0v) is 7.00. The van der Waals surface area contributed by atoms with E-state index in [1.54, 1.807) is 0 Å². The fraction of sp³-hybridized carbons (Fsp3) is 0.625. The molecule has 66 valence electrons. The van der Waals surface area contributed by atoms with Crippen LogP contribution in [0.25, 0.3) is 0 Å². The molecule has 0 aliphatic rings. The summed E-state index contributed by atoms with van der Waals surface area (Å²) in [6.45, 7) is 1.19. The predicted molar refractivity (Wildman–Crippen MR) is 40.9 cm³/mol. The van der Waals surface area contributed by atoms with Crippen molar-refractivity contribution in [3.05, 3.63) is 0 Å². The number of hydrogen-bond acceptors (Lipinski definition) is 4. The molecule has 4 nitrogen and oxygen atoms in total. The maximum atomic E-state index is 10.7. The Morgan fingerprint density at radius 3 is 2.58 bits per heavy atom. The van der Waals surface area contributed by atoms with Gasteiger partial charge < -0.3 is 4.74 Å². The van der Waals surface area contributed by atoms with Gasteiger partial charge in [-0.1, -0.05) is 0 Å². The quantitative estimate of drug-likeness (QED) is 0.360. The van der Waals surface area contributed by atoms with E-state index in [0.717, 1.165) is 0 Å². The molecule has 0 heterocycles. The first-order valence-corrected chi connectivity index (χ1v) is 3.75. The molecule has 12 heavy (non-hydrogen) atoms. The molecule has 0 bridgehead atoms. The number of nitrogens with zero attached hydrogens (tertiary/aromatic N) is 1. The number of nitriles is 1.